The summed E-state index contributed by atoms with van der Waals surface area (Å²) >= 11 is 0. The molecule has 0 fully saturated rings. The number of hydrogen-bond acceptors (Lipinski definition) is 15. The third-order valence-electron chi connectivity index (χ3n) is 15.8. The lowest BCUT2D eigenvalue weighted by Gasteiger charge is -2.21. The average Bonchev–Trinajstić information content (AvgIpc) is 3.67. The van der Waals surface area contributed by atoms with E-state index >= 15 is 0 Å². The molecule has 0 aromatic heterocycles. The molecule has 2 unspecified atom stereocenters. The van der Waals surface area contributed by atoms with Crippen LogP contribution in [0.3, 0.4) is 0 Å². The predicted molar refractivity (Wildman–Crippen MR) is 349 cm³/mol. The van der Waals surface area contributed by atoms with Gasteiger partial charge in [0.1, 0.15) is 19.3 Å². The van der Waals surface area contributed by atoms with E-state index in [4.69, 9.17) is 37.0 Å². The van der Waals surface area contributed by atoms with E-state index in [0.29, 0.717) is 25.7 Å². The maximum absolute atomic E-state index is 13.0. The van der Waals surface area contributed by atoms with Gasteiger partial charge in [0.25, 0.3) is 0 Å². The summed E-state index contributed by atoms with van der Waals surface area (Å²) in [5.41, 5.74) is 0. The van der Waals surface area contributed by atoms with Crippen molar-refractivity contribution in [1.82, 2.24) is 0 Å². The topological polar surface area (TPSA) is 237 Å². The molecule has 0 rings (SSSR count). The van der Waals surface area contributed by atoms with E-state index in [1.165, 1.54) is 161 Å². The molecule has 0 saturated heterocycles. The van der Waals surface area contributed by atoms with E-state index in [9.17, 15) is 43.2 Å². The fourth-order valence-electron chi connectivity index (χ4n) is 10.3. The Hall–Kier alpha value is -1.94. The molecular formula is C68H132O17P2. The first-order valence-corrected chi connectivity index (χ1v) is 38.6. The largest absolute Gasteiger partial charge is 0.472 e. The maximum atomic E-state index is 13.0. The highest BCUT2D eigenvalue weighted by atomic mass is 31.2. The number of aliphatic hydroxyl groups excluding tert-OH is 1. The van der Waals surface area contributed by atoms with Crippen LogP contribution in [-0.4, -0.2) is 96.7 Å². The summed E-state index contributed by atoms with van der Waals surface area (Å²) < 4.78 is 68.1. The number of rotatable bonds is 68. The molecule has 17 nitrogen and oxygen atoms in total. The SMILES string of the molecule is CCCCCCCCCCCCCCCCCCC(=O)O[C@H](COC(=O)CCCCCCCCCCCCCCC(C)C)COP(=O)(O)OC[C@@H](O)COP(=O)(O)OC[C@@H](COC(=O)CCCCCCCCCC)OC(=O)CCCCCCCCCC. The van der Waals surface area contributed by atoms with Crippen LogP contribution in [0.25, 0.3) is 0 Å². The first-order valence-electron chi connectivity index (χ1n) is 35.6. The Morgan fingerprint density at radius 2 is 0.529 bits per heavy atom. The summed E-state index contributed by atoms with van der Waals surface area (Å²) in [6, 6.07) is 0. The van der Waals surface area contributed by atoms with Gasteiger partial charge in [-0.25, -0.2) is 9.13 Å². The molecule has 0 bridgehead atoms. The number of unbranched alkanes of at least 4 members (excludes halogenated alkanes) is 40. The van der Waals surface area contributed by atoms with Gasteiger partial charge in [-0.2, -0.15) is 0 Å². The predicted octanol–water partition coefficient (Wildman–Crippen LogP) is 19.4. The first kappa shape index (κ1) is 85.1. The quantitative estimate of drug-likeness (QED) is 0.0222. The van der Waals surface area contributed by atoms with Crippen molar-refractivity contribution in [2.75, 3.05) is 39.6 Å². The van der Waals surface area contributed by atoms with Gasteiger partial charge in [0.15, 0.2) is 12.2 Å². The summed E-state index contributed by atoms with van der Waals surface area (Å²) in [4.78, 5) is 72.3. The molecule has 516 valence electrons. The van der Waals surface area contributed by atoms with Crippen LogP contribution in [0.15, 0.2) is 0 Å². The van der Waals surface area contributed by atoms with Crippen LogP contribution < -0.4 is 0 Å². The van der Waals surface area contributed by atoms with Gasteiger partial charge >= 0.3 is 39.5 Å². The smallest absolute Gasteiger partial charge is 0.462 e. The Bertz CT molecular complexity index is 1690. The number of carbonyl (C=O) groups excluding carboxylic acids is 4. The Morgan fingerprint density at radius 1 is 0.310 bits per heavy atom. The molecule has 19 heteroatoms. The number of carbonyl (C=O) groups is 4. The lowest BCUT2D eigenvalue weighted by Crippen LogP contribution is -2.30. The van der Waals surface area contributed by atoms with Gasteiger partial charge in [0.05, 0.1) is 26.4 Å². The van der Waals surface area contributed by atoms with Crippen molar-refractivity contribution < 1.29 is 80.2 Å². The maximum Gasteiger partial charge on any atom is 0.472 e. The summed E-state index contributed by atoms with van der Waals surface area (Å²) in [5.74, 6) is -1.35. The molecule has 0 aliphatic heterocycles. The van der Waals surface area contributed by atoms with Crippen LogP contribution >= 0.6 is 15.6 Å². The Labute approximate surface area is 530 Å². The molecule has 0 aromatic carbocycles. The van der Waals surface area contributed by atoms with Crippen molar-refractivity contribution in [2.24, 2.45) is 5.92 Å². The van der Waals surface area contributed by atoms with Gasteiger partial charge < -0.3 is 33.8 Å². The molecule has 0 aromatic rings. The Kier molecular flexibility index (Phi) is 60.2. The molecule has 0 aliphatic carbocycles. The molecule has 0 spiro atoms. The number of phosphoric acid groups is 2. The molecule has 0 amide bonds. The van der Waals surface area contributed by atoms with E-state index in [1.807, 2.05) is 0 Å². The molecule has 0 heterocycles. The minimum absolute atomic E-state index is 0.105. The highest BCUT2D eigenvalue weighted by Gasteiger charge is 2.30. The molecule has 87 heavy (non-hydrogen) atoms. The van der Waals surface area contributed by atoms with Crippen molar-refractivity contribution in [1.29, 1.82) is 0 Å². The second kappa shape index (κ2) is 61.6. The lowest BCUT2D eigenvalue weighted by atomic mass is 10.0. The van der Waals surface area contributed by atoms with Crippen LogP contribution in [0.5, 0.6) is 0 Å². The average molecular weight is 1280 g/mol. The van der Waals surface area contributed by atoms with Crippen LogP contribution in [0.2, 0.25) is 0 Å². The summed E-state index contributed by atoms with van der Waals surface area (Å²) in [5, 5.41) is 10.5. The van der Waals surface area contributed by atoms with Gasteiger partial charge in [-0.05, 0) is 31.6 Å². The number of hydrogen-bond donors (Lipinski definition) is 3. The van der Waals surface area contributed by atoms with E-state index < -0.39 is 97.5 Å². The summed E-state index contributed by atoms with van der Waals surface area (Å²) in [6.45, 7) is 7.19. The fraction of sp³-hybridized carbons (Fsp3) is 0.941. The van der Waals surface area contributed by atoms with Crippen molar-refractivity contribution >= 4 is 39.5 Å². The number of esters is 4. The standard InChI is InChI=1S/C68H132O17P2/c1-6-9-12-15-18-21-22-23-24-25-26-31-34-39-44-49-54-68(73)85-64(58-79-66(71)52-47-42-38-33-30-28-27-29-32-35-40-45-50-61(4)5)60-83-87(76,77)81-56-62(69)55-80-86(74,75)82-59-63(84-67(72)53-48-43-37-20-17-14-11-8-3)57-78-65(70)51-46-41-36-19-16-13-10-7-2/h61-64,69H,6-60H2,1-5H3,(H,74,75)(H,76,77)/t62-,63+,64+/m0/s1. The fourth-order valence-corrected chi connectivity index (χ4v) is 11.9. The Morgan fingerprint density at radius 3 is 0.782 bits per heavy atom. The van der Waals surface area contributed by atoms with Gasteiger partial charge in [-0.3, -0.25) is 37.3 Å². The highest BCUT2D eigenvalue weighted by molar-refractivity contribution is 7.47. The van der Waals surface area contributed by atoms with Gasteiger partial charge in [-0.15, -0.1) is 0 Å². The van der Waals surface area contributed by atoms with Crippen LogP contribution in [0.1, 0.15) is 349 Å². The van der Waals surface area contributed by atoms with Gasteiger partial charge in [0.2, 0.25) is 0 Å². The monoisotopic (exact) mass is 1280 g/mol. The van der Waals surface area contributed by atoms with Crippen LogP contribution in [-0.2, 0) is 65.4 Å². The second-order valence-corrected chi connectivity index (χ2v) is 27.9. The normalized spacial score (nSPS) is 14.1. The molecule has 0 aliphatic rings. The minimum atomic E-state index is -4.95. The summed E-state index contributed by atoms with van der Waals surface area (Å²) in [6.07, 6.45) is 47.3. The molecule has 3 N–H and O–H groups in total. The van der Waals surface area contributed by atoms with Gasteiger partial charge in [0, 0.05) is 25.7 Å². The van der Waals surface area contributed by atoms with E-state index in [2.05, 4.69) is 34.6 Å². The molecule has 5 atom stereocenters. The lowest BCUT2D eigenvalue weighted by molar-refractivity contribution is -0.161. The molecule has 0 radical (unpaired) electrons. The first-order chi connectivity index (χ1) is 42.0. The van der Waals surface area contributed by atoms with E-state index in [-0.39, 0.29) is 25.7 Å². The number of aliphatic hydroxyl groups is 1. The van der Waals surface area contributed by atoms with Crippen molar-refractivity contribution in [3.8, 4) is 0 Å². The van der Waals surface area contributed by atoms with E-state index in [0.717, 1.165) is 109 Å². The van der Waals surface area contributed by atoms with Crippen LogP contribution in [0.4, 0.5) is 0 Å². The number of phosphoric ester groups is 2. The van der Waals surface area contributed by atoms with Crippen molar-refractivity contribution in [2.45, 2.75) is 368 Å². The number of ether oxygens (including phenoxy) is 4. The minimum Gasteiger partial charge on any atom is -0.462 e. The Balaban J connectivity index is 5.19. The van der Waals surface area contributed by atoms with Crippen molar-refractivity contribution in [3.05, 3.63) is 0 Å². The summed E-state index contributed by atoms with van der Waals surface area (Å²) in [7, 11) is -9.89. The van der Waals surface area contributed by atoms with E-state index in [1.54, 1.807) is 0 Å². The third kappa shape index (κ3) is 62.6. The third-order valence-corrected chi connectivity index (χ3v) is 17.7. The van der Waals surface area contributed by atoms with Crippen molar-refractivity contribution in [3.63, 3.8) is 0 Å². The molecule has 0 saturated carbocycles. The zero-order valence-corrected chi connectivity index (χ0v) is 57.9. The van der Waals surface area contributed by atoms with Gasteiger partial charge in [-0.1, -0.05) is 298 Å². The highest BCUT2D eigenvalue weighted by Crippen LogP contribution is 2.45. The van der Waals surface area contributed by atoms with Crippen LogP contribution in [0, 0.1) is 5.92 Å². The second-order valence-electron chi connectivity index (χ2n) is 25.0. The zero-order valence-electron chi connectivity index (χ0n) is 56.2. The molecular weight excluding hydrogens is 1150 g/mol. The zero-order chi connectivity index (χ0) is 64.2.